The summed E-state index contributed by atoms with van der Waals surface area (Å²) in [7, 11) is 1.57. The van der Waals surface area contributed by atoms with Gasteiger partial charge in [-0.05, 0) is 41.4 Å². The Bertz CT molecular complexity index is 403. The van der Waals surface area contributed by atoms with Gasteiger partial charge in [0.2, 0.25) is 0 Å². The van der Waals surface area contributed by atoms with Gasteiger partial charge in [-0.3, -0.25) is 4.79 Å². The minimum absolute atomic E-state index is 0.00387. The van der Waals surface area contributed by atoms with Crippen molar-refractivity contribution in [3.8, 4) is 0 Å². The normalized spacial score (nSPS) is 14.0. The Kier molecular flexibility index (Phi) is 5.78. The third-order valence-corrected chi connectivity index (χ3v) is 3.35. The number of halogens is 1. The molecule has 4 nitrogen and oxygen atoms in total. The predicted octanol–water partition coefficient (Wildman–Crippen LogP) is 1.97. The number of amides is 1. The van der Waals surface area contributed by atoms with E-state index in [9.17, 15) is 4.79 Å². The van der Waals surface area contributed by atoms with Gasteiger partial charge in [0.25, 0.3) is 5.91 Å². The summed E-state index contributed by atoms with van der Waals surface area (Å²) in [6, 6.07) is 7.21. The summed E-state index contributed by atoms with van der Waals surface area (Å²) in [4.78, 5) is 12.2. The van der Waals surface area contributed by atoms with Gasteiger partial charge in [-0.25, -0.2) is 0 Å². The number of hydrogen-bond acceptors (Lipinski definition) is 3. The number of aliphatic hydroxyl groups is 1. The van der Waals surface area contributed by atoms with Crippen LogP contribution in [0.5, 0.6) is 0 Å². The van der Waals surface area contributed by atoms with E-state index in [1.807, 2.05) is 19.1 Å². The van der Waals surface area contributed by atoms with Gasteiger partial charge in [-0.15, -0.1) is 0 Å². The fraction of sp³-hybridized carbons (Fsp3) is 0.462. The lowest BCUT2D eigenvalue weighted by molar-refractivity contribution is 0.0725. The molecular weight excluding hydrogens is 298 g/mol. The molecule has 0 aliphatic rings. The summed E-state index contributed by atoms with van der Waals surface area (Å²) in [5, 5.41) is 11.9. The second-order valence-electron chi connectivity index (χ2n) is 4.40. The zero-order valence-corrected chi connectivity index (χ0v) is 12.2. The van der Waals surface area contributed by atoms with Crippen molar-refractivity contribution in [2.45, 2.75) is 18.9 Å². The summed E-state index contributed by atoms with van der Waals surface area (Å²) in [5.41, 5.74) is -0.00617. The van der Waals surface area contributed by atoms with Crippen LogP contribution < -0.4 is 5.32 Å². The average Bonchev–Trinajstić information content (AvgIpc) is 2.29. The van der Waals surface area contributed by atoms with E-state index in [0.717, 1.165) is 4.47 Å². The van der Waals surface area contributed by atoms with Gasteiger partial charge in [-0.2, -0.15) is 0 Å². The molecule has 1 amide bonds. The van der Waals surface area contributed by atoms with Crippen molar-refractivity contribution in [3.05, 3.63) is 34.3 Å². The number of nitrogens with one attached hydrogen (secondary N) is 1. The fourth-order valence-electron chi connectivity index (χ4n) is 1.72. The minimum Gasteiger partial charge on any atom is -0.396 e. The number of hydrogen-bond donors (Lipinski definition) is 2. The number of ether oxygens (including phenoxy) is 1. The highest BCUT2D eigenvalue weighted by Gasteiger charge is 2.26. The van der Waals surface area contributed by atoms with Crippen LogP contribution in [0.3, 0.4) is 0 Å². The molecular formula is C13H18BrNO3. The highest BCUT2D eigenvalue weighted by Crippen LogP contribution is 2.18. The van der Waals surface area contributed by atoms with Gasteiger partial charge < -0.3 is 15.2 Å². The molecule has 0 heterocycles. The largest absolute Gasteiger partial charge is 0.396 e. The number of rotatable bonds is 6. The molecule has 0 bridgehead atoms. The van der Waals surface area contributed by atoms with Crippen LogP contribution in [-0.2, 0) is 4.74 Å². The van der Waals surface area contributed by atoms with Crippen molar-refractivity contribution in [1.29, 1.82) is 0 Å². The molecule has 18 heavy (non-hydrogen) atoms. The molecule has 100 valence electrons. The maximum absolute atomic E-state index is 12.2. The summed E-state index contributed by atoms with van der Waals surface area (Å²) >= 11 is 3.34. The van der Waals surface area contributed by atoms with Gasteiger partial charge in [0.1, 0.15) is 0 Å². The van der Waals surface area contributed by atoms with Gasteiger partial charge in [-0.1, -0.05) is 12.1 Å². The molecule has 1 aromatic rings. The SMILES string of the molecule is COCC(C)(CCO)NC(=O)c1ccccc1Br. The highest BCUT2D eigenvalue weighted by molar-refractivity contribution is 9.10. The van der Waals surface area contributed by atoms with E-state index in [2.05, 4.69) is 21.2 Å². The highest BCUT2D eigenvalue weighted by atomic mass is 79.9. The van der Waals surface area contributed by atoms with Crippen LogP contribution in [0.4, 0.5) is 0 Å². The molecule has 1 aromatic carbocycles. The van der Waals surface area contributed by atoms with Crippen LogP contribution >= 0.6 is 15.9 Å². The molecule has 0 saturated heterocycles. The van der Waals surface area contributed by atoms with Crippen LogP contribution in [-0.4, -0.2) is 36.9 Å². The van der Waals surface area contributed by atoms with E-state index in [4.69, 9.17) is 9.84 Å². The zero-order chi connectivity index (χ0) is 13.6. The first-order chi connectivity index (χ1) is 8.52. The fourth-order valence-corrected chi connectivity index (χ4v) is 2.19. The van der Waals surface area contributed by atoms with Crippen LogP contribution in [0.25, 0.3) is 0 Å². The Hall–Kier alpha value is -0.910. The summed E-state index contributed by atoms with van der Waals surface area (Å²) in [6.45, 7) is 2.20. The Morgan fingerprint density at radius 1 is 1.50 bits per heavy atom. The van der Waals surface area contributed by atoms with Crippen LogP contribution in [0.2, 0.25) is 0 Å². The topological polar surface area (TPSA) is 58.6 Å². The first-order valence-corrected chi connectivity index (χ1v) is 6.48. The molecule has 0 aliphatic heterocycles. The number of methoxy groups -OCH3 is 1. The lowest BCUT2D eigenvalue weighted by atomic mass is 9.98. The molecule has 1 atom stereocenters. The van der Waals surface area contributed by atoms with E-state index in [-0.39, 0.29) is 12.5 Å². The van der Waals surface area contributed by atoms with Gasteiger partial charge in [0.15, 0.2) is 0 Å². The van der Waals surface area contributed by atoms with Crippen molar-refractivity contribution in [1.82, 2.24) is 5.32 Å². The summed E-state index contributed by atoms with van der Waals surface area (Å²) < 4.78 is 5.83. The molecule has 0 spiro atoms. The molecule has 0 saturated carbocycles. The lowest BCUT2D eigenvalue weighted by Crippen LogP contribution is -2.50. The Balaban J connectivity index is 2.82. The van der Waals surface area contributed by atoms with Crippen molar-refractivity contribution in [2.24, 2.45) is 0 Å². The molecule has 0 aromatic heterocycles. The van der Waals surface area contributed by atoms with E-state index >= 15 is 0 Å². The molecule has 0 aliphatic carbocycles. The molecule has 0 radical (unpaired) electrons. The third kappa shape index (κ3) is 4.08. The maximum Gasteiger partial charge on any atom is 0.252 e. The Morgan fingerprint density at radius 2 is 2.17 bits per heavy atom. The summed E-state index contributed by atoms with van der Waals surface area (Å²) in [6.07, 6.45) is 0.442. The molecule has 5 heteroatoms. The second kappa shape index (κ2) is 6.87. The average molecular weight is 316 g/mol. The third-order valence-electron chi connectivity index (χ3n) is 2.66. The summed E-state index contributed by atoms with van der Waals surface area (Å²) in [5.74, 6) is -0.185. The van der Waals surface area contributed by atoms with Crippen molar-refractivity contribution in [3.63, 3.8) is 0 Å². The number of benzene rings is 1. The smallest absolute Gasteiger partial charge is 0.252 e. The molecule has 1 unspecified atom stereocenters. The van der Waals surface area contributed by atoms with Crippen molar-refractivity contribution >= 4 is 21.8 Å². The molecule has 0 fully saturated rings. The Labute approximate surface area is 115 Å². The number of carbonyl (C=O) groups is 1. The molecule has 1 rings (SSSR count). The van der Waals surface area contributed by atoms with E-state index in [1.165, 1.54) is 0 Å². The standard InChI is InChI=1S/C13H18BrNO3/c1-13(7-8-16,9-18-2)15-12(17)10-5-3-4-6-11(10)14/h3-6,16H,7-9H2,1-2H3,(H,15,17). The second-order valence-corrected chi connectivity index (χ2v) is 5.26. The van der Waals surface area contributed by atoms with E-state index < -0.39 is 5.54 Å². The van der Waals surface area contributed by atoms with E-state index in [1.54, 1.807) is 19.2 Å². The number of aliphatic hydroxyl groups excluding tert-OH is 1. The van der Waals surface area contributed by atoms with Crippen LogP contribution in [0, 0.1) is 0 Å². The minimum atomic E-state index is -0.574. The first-order valence-electron chi connectivity index (χ1n) is 5.69. The zero-order valence-electron chi connectivity index (χ0n) is 10.6. The lowest BCUT2D eigenvalue weighted by Gasteiger charge is -2.29. The van der Waals surface area contributed by atoms with Crippen molar-refractivity contribution in [2.75, 3.05) is 20.3 Å². The number of carbonyl (C=O) groups excluding carboxylic acids is 1. The van der Waals surface area contributed by atoms with Gasteiger partial charge in [0, 0.05) is 18.2 Å². The van der Waals surface area contributed by atoms with Gasteiger partial charge in [0.05, 0.1) is 17.7 Å². The predicted molar refractivity (Wildman–Crippen MR) is 73.6 cm³/mol. The maximum atomic E-state index is 12.2. The Morgan fingerprint density at radius 3 is 2.72 bits per heavy atom. The molecule has 2 N–H and O–H groups in total. The van der Waals surface area contributed by atoms with Gasteiger partial charge >= 0.3 is 0 Å². The monoisotopic (exact) mass is 315 g/mol. The quantitative estimate of drug-likeness (QED) is 0.843. The van der Waals surface area contributed by atoms with Crippen LogP contribution in [0.1, 0.15) is 23.7 Å². The van der Waals surface area contributed by atoms with E-state index in [0.29, 0.717) is 18.6 Å². The van der Waals surface area contributed by atoms with Crippen molar-refractivity contribution < 1.29 is 14.6 Å². The first kappa shape index (κ1) is 15.1. The van der Waals surface area contributed by atoms with Crippen LogP contribution in [0.15, 0.2) is 28.7 Å².